The van der Waals surface area contributed by atoms with Crippen LogP contribution in [0.15, 0.2) is 24.3 Å². The largest absolute Gasteiger partial charge is 0.377 e. The van der Waals surface area contributed by atoms with Crippen LogP contribution in [-0.4, -0.2) is 36.0 Å². The van der Waals surface area contributed by atoms with E-state index < -0.39 is 17.9 Å². The number of ketones is 2. The molecule has 184 valence electrons. The molecule has 0 bridgehead atoms. The highest BCUT2D eigenvalue weighted by Gasteiger charge is 2.28. The Kier molecular flexibility index (Phi) is 12.0. The first-order valence-corrected chi connectivity index (χ1v) is 11.7. The SMILES string of the molecule is CC(C)COCc1ccc(NC(=O)[C@@H](C)CC(=O)[C@H](NC(=O)CC(=O)C(C)C)C(C)C)cc1. The number of hydrogen-bond donors (Lipinski definition) is 2. The molecule has 33 heavy (non-hydrogen) atoms. The van der Waals surface area contributed by atoms with Gasteiger partial charge >= 0.3 is 0 Å². The molecule has 1 aromatic carbocycles. The van der Waals surface area contributed by atoms with Crippen molar-refractivity contribution in [3.05, 3.63) is 29.8 Å². The van der Waals surface area contributed by atoms with Gasteiger partial charge in [0.15, 0.2) is 5.78 Å². The maximum absolute atomic E-state index is 12.8. The molecule has 7 nitrogen and oxygen atoms in total. The van der Waals surface area contributed by atoms with Crippen LogP contribution in [0.1, 0.15) is 66.9 Å². The fourth-order valence-corrected chi connectivity index (χ4v) is 3.09. The number of Topliss-reactive ketones (excluding diaryl/α,β-unsaturated/α-hetero) is 2. The number of rotatable bonds is 14. The third kappa shape index (κ3) is 10.7. The molecule has 0 aliphatic carbocycles. The van der Waals surface area contributed by atoms with E-state index in [4.69, 9.17) is 4.74 Å². The van der Waals surface area contributed by atoms with Crippen molar-refractivity contribution in [3.8, 4) is 0 Å². The topological polar surface area (TPSA) is 102 Å². The van der Waals surface area contributed by atoms with Crippen molar-refractivity contribution in [1.82, 2.24) is 5.32 Å². The zero-order valence-corrected chi connectivity index (χ0v) is 21.1. The lowest BCUT2D eigenvalue weighted by molar-refractivity contribution is -0.133. The Bertz CT molecular complexity index is 799. The lowest BCUT2D eigenvalue weighted by atomic mass is 9.92. The summed E-state index contributed by atoms with van der Waals surface area (Å²) in [6.07, 6.45) is -0.253. The molecule has 2 atom stereocenters. The van der Waals surface area contributed by atoms with Gasteiger partial charge in [-0.1, -0.05) is 60.6 Å². The first-order chi connectivity index (χ1) is 15.4. The van der Waals surface area contributed by atoms with E-state index >= 15 is 0 Å². The summed E-state index contributed by atoms with van der Waals surface area (Å²) in [5, 5.41) is 5.51. The molecular weight excluding hydrogens is 420 g/mol. The Morgan fingerprint density at radius 2 is 1.48 bits per heavy atom. The molecule has 0 saturated carbocycles. The minimum absolute atomic E-state index is 0.00574. The van der Waals surface area contributed by atoms with Crippen molar-refractivity contribution >= 4 is 29.1 Å². The first-order valence-electron chi connectivity index (χ1n) is 11.7. The third-order valence-electron chi connectivity index (χ3n) is 5.21. The van der Waals surface area contributed by atoms with Gasteiger partial charge < -0.3 is 15.4 Å². The van der Waals surface area contributed by atoms with Crippen LogP contribution in [0.25, 0.3) is 0 Å². The molecule has 0 aromatic heterocycles. The number of benzene rings is 1. The molecule has 2 N–H and O–H groups in total. The maximum Gasteiger partial charge on any atom is 0.228 e. The number of amides is 2. The van der Waals surface area contributed by atoms with Gasteiger partial charge in [0.05, 0.1) is 19.1 Å². The highest BCUT2D eigenvalue weighted by Crippen LogP contribution is 2.16. The average Bonchev–Trinajstić information content (AvgIpc) is 2.72. The quantitative estimate of drug-likeness (QED) is 0.406. The zero-order chi connectivity index (χ0) is 25.1. The summed E-state index contributed by atoms with van der Waals surface area (Å²) >= 11 is 0. The van der Waals surface area contributed by atoms with E-state index in [-0.39, 0.29) is 42.2 Å². The normalized spacial score (nSPS) is 13.2. The monoisotopic (exact) mass is 460 g/mol. The van der Waals surface area contributed by atoms with Gasteiger partial charge in [-0.3, -0.25) is 19.2 Å². The minimum Gasteiger partial charge on any atom is -0.377 e. The molecule has 0 fully saturated rings. The number of carbonyl (C=O) groups excluding carboxylic acids is 4. The van der Waals surface area contributed by atoms with Crippen molar-refractivity contribution in [1.29, 1.82) is 0 Å². The maximum atomic E-state index is 12.8. The van der Waals surface area contributed by atoms with Gasteiger partial charge in [-0.15, -0.1) is 0 Å². The van der Waals surface area contributed by atoms with Crippen LogP contribution in [0.5, 0.6) is 0 Å². The molecule has 0 saturated heterocycles. The summed E-state index contributed by atoms with van der Waals surface area (Å²) in [5.74, 6) is -1.62. The molecule has 0 unspecified atom stereocenters. The van der Waals surface area contributed by atoms with E-state index in [9.17, 15) is 19.2 Å². The second-order valence-corrected chi connectivity index (χ2v) is 9.75. The second-order valence-electron chi connectivity index (χ2n) is 9.75. The van der Waals surface area contributed by atoms with E-state index in [1.165, 1.54) is 0 Å². The van der Waals surface area contributed by atoms with Crippen LogP contribution < -0.4 is 10.6 Å². The molecular formula is C26H40N2O5. The van der Waals surface area contributed by atoms with Gasteiger partial charge in [-0.2, -0.15) is 0 Å². The van der Waals surface area contributed by atoms with Gasteiger partial charge in [-0.25, -0.2) is 0 Å². The highest BCUT2D eigenvalue weighted by atomic mass is 16.5. The van der Waals surface area contributed by atoms with Crippen molar-refractivity contribution < 1.29 is 23.9 Å². The van der Waals surface area contributed by atoms with Crippen molar-refractivity contribution in [2.24, 2.45) is 23.7 Å². The summed E-state index contributed by atoms with van der Waals surface area (Å²) in [6.45, 7) is 14.2. The van der Waals surface area contributed by atoms with Crippen LogP contribution in [-0.2, 0) is 30.5 Å². The smallest absolute Gasteiger partial charge is 0.228 e. The Labute approximate surface area is 198 Å². The molecule has 0 aliphatic heterocycles. The predicted molar refractivity (Wildman–Crippen MR) is 130 cm³/mol. The van der Waals surface area contributed by atoms with Gasteiger partial charge in [0.2, 0.25) is 11.8 Å². The molecule has 0 aliphatic rings. The molecule has 1 rings (SSSR count). The lowest BCUT2D eigenvalue weighted by Crippen LogP contribution is -2.46. The van der Waals surface area contributed by atoms with Crippen LogP contribution in [0.4, 0.5) is 5.69 Å². The average molecular weight is 461 g/mol. The van der Waals surface area contributed by atoms with Crippen LogP contribution in [0.2, 0.25) is 0 Å². The van der Waals surface area contributed by atoms with Crippen molar-refractivity contribution in [2.75, 3.05) is 11.9 Å². The Hall–Kier alpha value is -2.54. The molecule has 0 heterocycles. The van der Waals surface area contributed by atoms with Crippen LogP contribution in [0.3, 0.4) is 0 Å². The van der Waals surface area contributed by atoms with E-state index in [2.05, 4.69) is 24.5 Å². The number of hydrogen-bond acceptors (Lipinski definition) is 5. The fourth-order valence-electron chi connectivity index (χ4n) is 3.09. The fraction of sp³-hybridized carbons (Fsp3) is 0.615. The third-order valence-corrected chi connectivity index (χ3v) is 5.21. The molecule has 2 amide bonds. The number of carbonyl (C=O) groups is 4. The standard InChI is InChI=1S/C26H40N2O5/c1-16(2)14-33-15-20-8-10-21(11-9-20)27-26(32)19(7)12-23(30)25(18(5)6)28-24(31)13-22(29)17(3)4/h8-11,16-19,25H,12-15H2,1-7H3,(H,27,32)(H,28,31)/t19-,25+/m0/s1. The van der Waals surface area contributed by atoms with Gasteiger partial charge in [-0.05, 0) is 29.5 Å². The molecule has 0 radical (unpaired) electrons. The number of anilines is 1. The number of ether oxygens (including phenoxy) is 1. The zero-order valence-electron chi connectivity index (χ0n) is 21.1. The highest BCUT2D eigenvalue weighted by molar-refractivity contribution is 6.01. The van der Waals surface area contributed by atoms with E-state index in [0.717, 1.165) is 5.56 Å². The molecule has 7 heteroatoms. The Balaban J connectivity index is 2.61. The lowest BCUT2D eigenvalue weighted by Gasteiger charge is -2.23. The van der Waals surface area contributed by atoms with E-state index in [1.54, 1.807) is 20.8 Å². The van der Waals surface area contributed by atoms with E-state index in [0.29, 0.717) is 24.8 Å². The number of nitrogens with one attached hydrogen (secondary N) is 2. The second kappa shape index (κ2) is 13.9. The van der Waals surface area contributed by atoms with Gasteiger partial charge in [0, 0.05) is 30.6 Å². The first kappa shape index (κ1) is 28.5. The Morgan fingerprint density at radius 1 is 0.879 bits per heavy atom. The predicted octanol–water partition coefficient (Wildman–Crippen LogP) is 4.15. The molecule has 1 aromatic rings. The van der Waals surface area contributed by atoms with Crippen molar-refractivity contribution in [2.45, 2.75) is 74.0 Å². The Morgan fingerprint density at radius 3 is 2.00 bits per heavy atom. The summed E-state index contributed by atoms with van der Waals surface area (Å²) in [5.41, 5.74) is 1.66. The van der Waals surface area contributed by atoms with E-state index in [1.807, 2.05) is 38.1 Å². The molecule has 0 spiro atoms. The summed E-state index contributed by atoms with van der Waals surface area (Å²) in [6, 6.07) is 6.67. The van der Waals surface area contributed by atoms with Crippen molar-refractivity contribution in [3.63, 3.8) is 0 Å². The summed E-state index contributed by atoms with van der Waals surface area (Å²) in [4.78, 5) is 49.4. The minimum atomic E-state index is -0.738. The summed E-state index contributed by atoms with van der Waals surface area (Å²) < 4.78 is 5.61. The van der Waals surface area contributed by atoms with Gasteiger partial charge in [0.25, 0.3) is 0 Å². The van der Waals surface area contributed by atoms with Crippen LogP contribution in [0, 0.1) is 23.7 Å². The summed E-state index contributed by atoms with van der Waals surface area (Å²) in [7, 11) is 0. The van der Waals surface area contributed by atoms with Gasteiger partial charge in [0.1, 0.15) is 5.78 Å². The van der Waals surface area contributed by atoms with Crippen LogP contribution >= 0.6 is 0 Å².